The molecule has 9 heteroatoms. The van der Waals surface area contributed by atoms with Crippen LogP contribution in [0.25, 0.3) is 0 Å². The van der Waals surface area contributed by atoms with Crippen molar-refractivity contribution < 1.29 is 8.42 Å². The average Bonchev–Trinajstić information content (AvgIpc) is 2.84. The van der Waals surface area contributed by atoms with Gasteiger partial charge in [0.15, 0.2) is 5.96 Å². The minimum Gasteiger partial charge on any atom is -0.357 e. The summed E-state index contributed by atoms with van der Waals surface area (Å²) < 4.78 is 24.6. The van der Waals surface area contributed by atoms with Gasteiger partial charge in [-0.05, 0) is 27.2 Å². The van der Waals surface area contributed by atoms with Gasteiger partial charge in [0, 0.05) is 44.0 Å². The van der Waals surface area contributed by atoms with E-state index in [1.807, 2.05) is 20.8 Å². The maximum atomic E-state index is 11.6. The molecular weight excluding hydrogens is 358 g/mol. The molecule has 0 atom stereocenters. The normalized spacial score (nSPS) is 12.6. The smallest absolute Gasteiger partial charge is 0.211 e. The molecule has 144 valence electrons. The van der Waals surface area contributed by atoms with Gasteiger partial charge < -0.3 is 10.6 Å². The standard InChI is InChI=1S/C16H31N5O2S2/c1-6-17-16(18-10-8-12-21(7-2)25(5,22)23)19-11-9-15-20-13(3)14(4)24-15/h6-12H2,1-5H3,(H2,17,18,19). The van der Waals surface area contributed by atoms with Gasteiger partial charge in [-0.3, -0.25) is 4.99 Å². The molecule has 0 amide bonds. The van der Waals surface area contributed by atoms with Crippen molar-refractivity contribution in [3.63, 3.8) is 0 Å². The Bertz CT molecular complexity index is 636. The molecule has 0 fully saturated rings. The van der Waals surface area contributed by atoms with Gasteiger partial charge in [-0.1, -0.05) is 6.92 Å². The summed E-state index contributed by atoms with van der Waals surface area (Å²) in [5.41, 5.74) is 1.10. The lowest BCUT2D eigenvalue weighted by Gasteiger charge is -2.17. The van der Waals surface area contributed by atoms with Crippen LogP contribution in [0.4, 0.5) is 0 Å². The van der Waals surface area contributed by atoms with Crippen molar-refractivity contribution in [2.45, 2.75) is 40.5 Å². The molecular formula is C16H31N5O2S2. The Morgan fingerprint density at radius 2 is 2.00 bits per heavy atom. The second-order valence-corrected chi connectivity index (χ2v) is 9.07. The van der Waals surface area contributed by atoms with Crippen molar-refractivity contribution in [2.24, 2.45) is 4.99 Å². The van der Waals surface area contributed by atoms with Crippen molar-refractivity contribution in [1.29, 1.82) is 0 Å². The predicted octanol–water partition coefficient (Wildman–Crippen LogP) is 1.53. The van der Waals surface area contributed by atoms with E-state index < -0.39 is 10.0 Å². The van der Waals surface area contributed by atoms with E-state index in [0.29, 0.717) is 26.1 Å². The second-order valence-electron chi connectivity index (χ2n) is 5.79. The molecule has 25 heavy (non-hydrogen) atoms. The number of nitrogens with zero attached hydrogens (tertiary/aromatic N) is 3. The number of guanidine groups is 1. The molecule has 2 N–H and O–H groups in total. The van der Waals surface area contributed by atoms with Crippen molar-refractivity contribution in [2.75, 3.05) is 39.0 Å². The van der Waals surface area contributed by atoms with Crippen molar-refractivity contribution >= 4 is 27.3 Å². The van der Waals surface area contributed by atoms with Gasteiger partial charge in [0.25, 0.3) is 0 Å². The van der Waals surface area contributed by atoms with E-state index in [9.17, 15) is 8.42 Å². The first-order chi connectivity index (χ1) is 11.8. The van der Waals surface area contributed by atoms with Crippen LogP contribution in [0.2, 0.25) is 0 Å². The third-order valence-corrected chi connectivity index (χ3v) is 6.22. The Morgan fingerprint density at radius 3 is 2.52 bits per heavy atom. The van der Waals surface area contributed by atoms with E-state index in [4.69, 9.17) is 0 Å². The predicted molar refractivity (Wildman–Crippen MR) is 106 cm³/mol. The molecule has 1 aromatic heterocycles. The third kappa shape index (κ3) is 8.15. The highest BCUT2D eigenvalue weighted by molar-refractivity contribution is 7.88. The molecule has 0 spiro atoms. The van der Waals surface area contributed by atoms with Crippen LogP contribution in [0.3, 0.4) is 0 Å². The summed E-state index contributed by atoms with van der Waals surface area (Å²) >= 11 is 1.74. The number of nitrogens with one attached hydrogen (secondary N) is 2. The van der Waals surface area contributed by atoms with Gasteiger partial charge >= 0.3 is 0 Å². The minimum atomic E-state index is -3.12. The summed E-state index contributed by atoms with van der Waals surface area (Å²) in [5, 5.41) is 7.64. The molecule has 0 saturated heterocycles. The maximum Gasteiger partial charge on any atom is 0.211 e. The largest absolute Gasteiger partial charge is 0.357 e. The summed E-state index contributed by atoms with van der Waals surface area (Å²) in [6.07, 6.45) is 2.80. The number of aryl methyl sites for hydroxylation is 2. The maximum absolute atomic E-state index is 11.6. The fourth-order valence-corrected chi connectivity index (χ4v) is 4.14. The lowest BCUT2D eigenvalue weighted by atomic mass is 10.4. The average molecular weight is 390 g/mol. The zero-order valence-corrected chi connectivity index (χ0v) is 17.6. The Hall–Kier alpha value is -1.19. The monoisotopic (exact) mass is 389 g/mol. The fraction of sp³-hybridized carbons (Fsp3) is 0.750. The van der Waals surface area contributed by atoms with E-state index in [2.05, 4.69) is 27.5 Å². The molecule has 0 saturated carbocycles. The molecule has 0 radical (unpaired) electrons. The number of hydrogen-bond acceptors (Lipinski definition) is 5. The van der Waals surface area contributed by atoms with Crippen LogP contribution in [0.5, 0.6) is 0 Å². The Kier molecular flexibility index (Phi) is 9.37. The fourth-order valence-electron chi connectivity index (χ4n) is 2.27. The minimum absolute atomic E-state index is 0.494. The first kappa shape index (κ1) is 21.9. The molecule has 0 unspecified atom stereocenters. The third-order valence-electron chi connectivity index (χ3n) is 3.71. The highest BCUT2D eigenvalue weighted by Gasteiger charge is 2.13. The number of aromatic nitrogens is 1. The number of hydrogen-bond donors (Lipinski definition) is 2. The highest BCUT2D eigenvalue weighted by atomic mass is 32.2. The van der Waals surface area contributed by atoms with Crippen molar-refractivity contribution in [1.82, 2.24) is 19.9 Å². The Morgan fingerprint density at radius 1 is 1.28 bits per heavy atom. The number of rotatable bonds is 10. The Balaban J connectivity index is 2.42. The summed E-state index contributed by atoms with van der Waals surface area (Å²) in [4.78, 5) is 10.3. The Labute approximate surface area is 156 Å². The van der Waals surface area contributed by atoms with Gasteiger partial charge in [-0.2, -0.15) is 0 Å². The van der Waals surface area contributed by atoms with E-state index in [1.165, 1.54) is 15.4 Å². The molecule has 1 heterocycles. The lowest BCUT2D eigenvalue weighted by molar-refractivity contribution is 0.427. The van der Waals surface area contributed by atoms with Gasteiger partial charge in [0.2, 0.25) is 10.0 Å². The summed E-state index contributed by atoms with van der Waals surface area (Å²) in [5.74, 6) is 0.759. The molecule has 1 rings (SSSR count). The van der Waals surface area contributed by atoms with Crippen LogP contribution in [0.15, 0.2) is 4.99 Å². The van der Waals surface area contributed by atoms with E-state index in [1.54, 1.807) is 11.3 Å². The van der Waals surface area contributed by atoms with Gasteiger partial charge in [-0.25, -0.2) is 17.7 Å². The van der Waals surface area contributed by atoms with Crippen LogP contribution in [0.1, 0.15) is 35.8 Å². The summed E-state index contributed by atoms with van der Waals surface area (Å²) in [6.45, 7) is 11.1. The molecule has 0 bridgehead atoms. The summed E-state index contributed by atoms with van der Waals surface area (Å²) in [6, 6.07) is 0. The molecule has 0 aliphatic rings. The SMILES string of the molecule is CCNC(=NCCCN(CC)S(C)(=O)=O)NCCc1nc(C)c(C)s1. The number of aliphatic imine (C=N–C) groups is 1. The van der Waals surface area contributed by atoms with Gasteiger partial charge in [-0.15, -0.1) is 11.3 Å². The zero-order chi connectivity index (χ0) is 18.9. The topological polar surface area (TPSA) is 86.7 Å². The molecule has 0 aliphatic carbocycles. The van der Waals surface area contributed by atoms with E-state index >= 15 is 0 Å². The quantitative estimate of drug-likeness (QED) is 0.360. The molecule has 1 aromatic rings. The summed E-state index contributed by atoms with van der Waals surface area (Å²) in [7, 11) is -3.12. The molecule has 0 aliphatic heterocycles. The second kappa shape index (κ2) is 10.7. The number of thiazole rings is 1. The highest BCUT2D eigenvalue weighted by Crippen LogP contribution is 2.16. The lowest BCUT2D eigenvalue weighted by Crippen LogP contribution is -2.38. The van der Waals surface area contributed by atoms with Gasteiger partial charge in [0.1, 0.15) is 0 Å². The van der Waals surface area contributed by atoms with Crippen LogP contribution in [0, 0.1) is 13.8 Å². The molecule has 7 nitrogen and oxygen atoms in total. The van der Waals surface area contributed by atoms with Crippen molar-refractivity contribution in [3.8, 4) is 0 Å². The van der Waals surface area contributed by atoms with Crippen LogP contribution in [-0.4, -0.2) is 62.6 Å². The van der Waals surface area contributed by atoms with E-state index in [0.717, 1.165) is 36.2 Å². The first-order valence-corrected chi connectivity index (χ1v) is 11.3. The van der Waals surface area contributed by atoms with Crippen molar-refractivity contribution in [3.05, 3.63) is 15.6 Å². The van der Waals surface area contributed by atoms with Gasteiger partial charge in [0.05, 0.1) is 17.0 Å². The van der Waals surface area contributed by atoms with Crippen LogP contribution >= 0.6 is 11.3 Å². The van der Waals surface area contributed by atoms with Crippen LogP contribution in [-0.2, 0) is 16.4 Å². The molecule has 0 aromatic carbocycles. The van der Waals surface area contributed by atoms with Crippen LogP contribution < -0.4 is 10.6 Å². The van der Waals surface area contributed by atoms with E-state index in [-0.39, 0.29) is 0 Å². The first-order valence-electron chi connectivity index (χ1n) is 8.68. The number of sulfonamides is 1. The zero-order valence-electron chi connectivity index (χ0n) is 15.9.